The van der Waals surface area contributed by atoms with Gasteiger partial charge >= 0.3 is 0 Å². The number of rotatable bonds is 13. The summed E-state index contributed by atoms with van der Waals surface area (Å²) in [6.07, 6.45) is 11.2. The number of hydrogen-bond donors (Lipinski definition) is 3. The number of aliphatic hydroxyl groups excluding tert-OH is 1. The second kappa shape index (κ2) is 15.3. The van der Waals surface area contributed by atoms with Gasteiger partial charge in [0, 0.05) is 5.56 Å². The van der Waals surface area contributed by atoms with Gasteiger partial charge in [-0.3, -0.25) is 14.4 Å². The minimum Gasteiger partial charge on any atom is -0.506 e. The van der Waals surface area contributed by atoms with Gasteiger partial charge in [-0.15, -0.1) is 0 Å². The second-order valence-electron chi connectivity index (χ2n) is 15.8. The molecule has 1 aromatic rings. The third-order valence-electron chi connectivity index (χ3n) is 11.0. The van der Waals surface area contributed by atoms with E-state index in [0.29, 0.717) is 25.7 Å². The van der Waals surface area contributed by atoms with Crippen molar-refractivity contribution < 1.29 is 29.7 Å². The zero-order valence-corrected chi connectivity index (χ0v) is 31.4. The maximum atomic E-state index is 15.7. The maximum absolute atomic E-state index is 15.7. The van der Waals surface area contributed by atoms with Gasteiger partial charge in [0.05, 0.1) is 5.41 Å². The van der Waals surface area contributed by atoms with Crippen molar-refractivity contribution in [3.05, 3.63) is 88.1 Å². The fourth-order valence-corrected chi connectivity index (χ4v) is 8.00. The van der Waals surface area contributed by atoms with Crippen LogP contribution in [0.25, 0.3) is 5.76 Å². The number of phenols is 2. The molecule has 2 aliphatic carbocycles. The van der Waals surface area contributed by atoms with Crippen LogP contribution in [0.5, 0.6) is 11.5 Å². The summed E-state index contributed by atoms with van der Waals surface area (Å²) in [5.74, 6) is -3.59. The Morgan fingerprint density at radius 3 is 1.98 bits per heavy atom. The highest BCUT2D eigenvalue weighted by atomic mass is 16.3. The van der Waals surface area contributed by atoms with Gasteiger partial charge in [-0.2, -0.15) is 0 Å². The van der Waals surface area contributed by atoms with Gasteiger partial charge in [0.1, 0.15) is 16.7 Å². The molecule has 0 spiro atoms. The fraction of sp³-hybridized carbons (Fsp3) is 0.512. The summed E-state index contributed by atoms with van der Waals surface area (Å²) >= 11 is 0. The Morgan fingerprint density at radius 2 is 1.45 bits per heavy atom. The molecule has 0 heterocycles. The molecule has 5 atom stereocenters. The van der Waals surface area contributed by atoms with Crippen LogP contribution in [0.3, 0.4) is 0 Å². The first-order chi connectivity index (χ1) is 22.7. The molecule has 1 unspecified atom stereocenters. The second-order valence-corrected chi connectivity index (χ2v) is 15.8. The maximum Gasteiger partial charge on any atom is 0.184 e. The molecule has 6 heteroatoms. The molecule has 2 fully saturated rings. The van der Waals surface area contributed by atoms with Crippen molar-refractivity contribution in [3.63, 3.8) is 0 Å². The van der Waals surface area contributed by atoms with Crippen molar-refractivity contribution in [2.75, 3.05) is 0 Å². The normalized spacial score (nSPS) is 26.4. The van der Waals surface area contributed by atoms with Gasteiger partial charge in [0.25, 0.3) is 0 Å². The van der Waals surface area contributed by atoms with Gasteiger partial charge in [-0.25, -0.2) is 0 Å². The first kappa shape index (κ1) is 39.5. The first-order valence-corrected chi connectivity index (χ1v) is 17.5. The molecule has 6 nitrogen and oxygen atoms in total. The van der Waals surface area contributed by atoms with E-state index >= 15 is 14.4 Å². The summed E-state index contributed by atoms with van der Waals surface area (Å²) in [6.45, 7) is 24.2. The summed E-state index contributed by atoms with van der Waals surface area (Å²) < 4.78 is 0. The molecule has 3 N–H and O–H groups in total. The smallest absolute Gasteiger partial charge is 0.184 e. The molecule has 1 aromatic carbocycles. The van der Waals surface area contributed by atoms with Crippen LogP contribution in [-0.2, 0) is 14.4 Å². The van der Waals surface area contributed by atoms with Crippen molar-refractivity contribution >= 4 is 23.1 Å². The number of benzene rings is 1. The molecule has 2 bridgehead atoms. The molecular formula is C43H58O6. The topological polar surface area (TPSA) is 112 Å². The Hall–Kier alpha value is -3.93. The Balaban J connectivity index is 2.55. The average Bonchev–Trinajstić information content (AvgIpc) is 3.00. The van der Waals surface area contributed by atoms with Gasteiger partial charge in [0.15, 0.2) is 28.8 Å². The third kappa shape index (κ3) is 7.64. The highest BCUT2D eigenvalue weighted by Gasteiger charge is 2.74. The van der Waals surface area contributed by atoms with E-state index in [-0.39, 0.29) is 42.4 Å². The van der Waals surface area contributed by atoms with E-state index in [0.717, 1.165) is 33.9 Å². The van der Waals surface area contributed by atoms with Crippen molar-refractivity contribution in [2.45, 2.75) is 114 Å². The van der Waals surface area contributed by atoms with Gasteiger partial charge in [-0.1, -0.05) is 65.7 Å². The quantitative estimate of drug-likeness (QED) is 0.0481. The third-order valence-corrected chi connectivity index (χ3v) is 11.0. The molecule has 3 rings (SSSR count). The number of Topliss-reactive ketones (excluding diaryl/α,β-unsaturated/α-hetero) is 3. The van der Waals surface area contributed by atoms with E-state index in [9.17, 15) is 15.3 Å². The van der Waals surface area contributed by atoms with E-state index < -0.39 is 50.6 Å². The molecule has 2 aliphatic rings. The zero-order valence-electron chi connectivity index (χ0n) is 31.4. The van der Waals surface area contributed by atoms with Crippen LogP contribution < -0.4 is 0 Å². The Morgan fingerprint density at radius 1 is 0.857 bits per heavy atom. The molecule has 49 heavy (non-hydrogen) atoms. The minimum absolute atomic E-state index is 0.0141. The van der Waals surface area contributed by atoms with Crippen LogP contribution in [0.1, 0.15) is 120 Å². The van der Waals surface area contributed by atoms with Gasteiger partial charge in [-0.05, 0) is 143 Å². The fourth-order valence-electron chi connectivity index (χ4n) is 8.00. The molecular weight excluding hydrogens is 612 g/mol. The lowest BCUT2D eigenvalue weighted by atomic mass is 9.37. The standard InChI is InChI=1S/C43H58O6/c1-26(2)13-12-21-41(11)33(18-15-28(5)6)25-42(24-32(30(9)10)16-14-27(3)4)38(47)36(37(46)31-17-19-34(44)35(45)23-31)39(48)43(41,40(42)49)22-20-29(7)8/h13-15,17,19-20,23,32-33,44-46H,9,12,16,18,21-22,24-25H2,1-8,10-11H3/b37-36+/t32?,33-,41+,42-,43+/m1/s1. The van der Waals surface area contributed by atoms with Crippen molar-refractivity contribution in [1.29, 1.82) is 0 Å². The SMILES string of the molecule is C=C(C)C(CC=C(C)C)C[C@@]12C[C@@H](CC=C(C)C)[C@](C)(CCC=C(C)C)[C@@](CC=C(C)C)(C(=O)/C(=C(/O)c3ccc(O)c(O)c3)C1=O)C2=O. The van der Waals surface area contributed by atoms with Gasteiger partial charge in [0.2, 0.25) is 0 Å². The number of carbonyl (C=O) groups excluding carboxylic acids is 3. The highest BCUT2D eigenvalue weighted by molar-refractivity contribution is 6.41. The first-order valence-electron chi connectivity index (χ1n) is 17.5. The average molecular weight is 671 g/mol. The van der Waals surface area contributed by atoms with Crippen LogP contribution in [0, 0.1) is 28.1 Å². The summed E-state index contributed by atoms with van der Waals surface area (Å²) in [7, 11) is 0. The molecule has 0 saturated heterocycles. The number of aliphatic hydroxyl groups is 1. The molecule has 2 saturated carbocycles. The van der Waals surface area contributed by atoms with Crippen LogP contribution in [0.4, 0.5) is 0 Å². The summed E-state index contributed by atoms with van der Waals surface area (Å²) in [4.78, 5) is 46.2. The van der Waals surface area contributed by atoms with E-state index in [1.165, 1.54) is 12.1 Å². The van der Waals surface area contributed by atoms with Crippen LogP contribution in [-0.4, -0.2) is 32.7 Å². The van der Waals surface area contributed by atoms with Crippen LogP contribution in [0.2, 0.25) is 0 Å². The minimum atomic E-state index is -1.65. The molecule has 0 aromatic heterocycles. The number of phenolic OH excluding ortho intramolecular Hbond substituents is 2. The summed E-state index contributed by atoms with van der Waals surface area (Å²) in [6, 6.07) is 3.70. The number of allylic oxidation sites excluding steroid dienone is 10. The summed E-state index contributed by atoms with van der Waals surface area (Å²) in [5, 5.41) is 32.2. The van der Waals surface area contributed by atoms with Crippen molar-refractivity contribution in [2.24, 2.45) is 28.1 Å². The number of hydrogen-bond acceptors (Lipinski definition) is 6. The Labute approximate surface area is 294 Å². The number of aromatic hydroxyl groups is 2. The monoisotopic (exact) mass is 670 g/mol. The van der Waals surface area contributed by atoms with E-state index in [4.69, 9.17) is 0 Å². The molecule has 0 aliphatic heterocycles. The van der Waals surface area contributed by atoms with E-state index in [1.54, 1.807) is 0 Å². The summed E-state index contributed by atoms with van der Waals surface area (Å²) in [5.41, 5.74) is 0.643. The van der Waals surface area contributed by atoms with Crippen LogP contribution in [0.15, 0.2) is 82.5 Å². The number of ketones is 3. The van der Waals surface area contributed by atoms with E-state index in [1.807, 2.05) is 75.3 Å². The van der Waals surface area contributed by atoms with Crippen molar-refractivity contribution in [1.82, 2.24) is 0 Å². The molecule has 266 valence electrons. The zero-order chi connectivity index (χ0) is 37.1. The molecule has 0 amide bonds. The largest absolute Gasteiger partial charge is 0.506 e. The number of carbonyl (C=O) groups is 3. The lowest BCUT2D eigenvalue weighted by molar-refractivity contribution is -0.180. The predicted octanol–water partition coefficient (Wildman–Crippen LogP) is 10.5. The number of fused-ring (bicyclic) bond motifs is 2. The predicted molar refractivity (Wildman–Crippen MR) is 199 cm³/mol. The van der Waals surface area contributed by atoms with E-state index in [2.05, 4.69) is 24.8 Å². The Bertz CT molecular complexity index is 1650. The lowest BCUT2D eigenvalue weighted by Crippen LogP contribution is -2.70. The Kier molecular flexibility index (Phi) is 12.3. The van der Waals surface area contributed by atoms with Crippen molar-refractivity contribution in [3.8, 4) is 11.5 Å². The van der Waals surface area contributed by atoms with Gasteiger partial charge < -0.3 is 15.3 Å². The highest BCUT2D eigenvalue weighted by Crippen LogP contribution is 2.67. The molecule has 0 radical (unpaired) electrons. The van der Waals surface area contributed by atoms with Crippen LogP contribution >= 0.6 is 0 Å². The lowest BCUT2D eigenvalue weighted by Gasteiger charge is -2.62.